The third kappa shape index (κ3) is 3.29. The fourth-order valence-corrected chi connectivity index (χ4v) is 1.93. The number of hydrogen-bond acceptors (Lipinski definition) is 3. The molecule has 1 aromatic heterocycles. The van der Waals surface area contributed by atoms with Crippen molar-refractivity contribution in [2.45, 2.75) is 6.54 Å². The molecule has 1 aromatic carbocycles. The number of hydrogen-bond donors (Lipinski definition) is 0. The van der Waals surface area contributed by atoms with Gasteiger partial charge in [0.1, 0.15) is 0 Å². The van der Waals surface area contributed by atoms with Crippen LogP contribution in [0.5, 0.6) is 0 Å². The zero-order valence-electron chi connectivity index (χ0n) is 9.27. The first kappa shape index (κ1) is 12.6. The van der Waals surface area contributed by atoms with Gasteiger partial charge in [0.2, 0.25) is 5.95 Å². The summed E-state index contributed by atoms with van der Waals surface area (Å²) >= 11 is 8.30. The van der Waals surface area contributed by atoms with Crippen molar-refractivity contribution in [3.05, 3.63) is 50.8 Å². The highest BCUT2D eigenvalue weighted by atomic mass is 127. The first-order valence-electron chi connectivity index (χ1n) is 5.09. The lowest BCUT2D eigenvalue weighted by molar-refractivity contribution is 0.865. The van der Waals surface area contributed by atoms with Crippen LogP contribution >= 0.6 is 34.2 Å². The van der Waals surface area contributed by atoms with E-state index in [1.165, 1.54) is 0 Å². The molecule has 2 rings (SSSR count). The van der Waals surface area contributed by atoms with Crippen molar-refractivity contribution in [1.82, 2.24) is 9.97 Å². The lowest BCUT2D eigenvalue weighted by Gasteiger charge is -2.17. The van der Waals surface area contributed by atoms with Gasteiger partial charge in [-0.05, 0) is 34.2 Å². The lowest BCUT2D eigenvalue weighted by Crippen LogP contribution is -2.19. The van der Waals surface area contributed by atoms with Crippen LogP contribution in [0, 0.1) is 3.57 Å². The van der Waals surface area contributed by atoms with Crippen LogP contribution in [0.1, 0.15) is 5.56 Å². The topological polar surface area (TPSA) is 29.0 Å². The second-order valence-corrected chi connectivity index (χ2v) is 5.30. The summed E-state index contributed by atoms with van der Waals surface area (Å²) in [6, 6.07) is 7.79. The van der Waals surface area contributed by atoms with Gasteiger partial charge in [-0.1, -0.05) is 29.8 Å². The lowest BCUT2D eigenvalue weighted by atomic mass is 10.2. The minimum absolute atomic E-state index is 0.695. The predicted molar refractivity (Wildman–Crippen MR) is 78.3 cm³/mol. The number of anilines is 1. The van der Waals surface area contributed by atoms with Gasteiger partial charge in [-0.25, -0.2) is 9.97 Å². The van der Waals surface area contributed by atoms with Crippen molar-refractivity contribution in [3.63, 3.8) is 0 Å². The van der Waals surface area contributed by atoms with E-state index in [9.17, 15) is 0 Å². The van der Waals surface area contributed by atoms with Gasteiger partial charge in [0.05, 0.1) is 0 Å². The monoisotopic (exact) mass is 359 g/mol. The molecule has 0 unspecified atom stereocenters. The number of nitrogens with zero attached hydrogens (tertiary/aromatic N) is 3. The van der Waals surface area contributed by atoms with Crippen molar-refractivity contribution in [2.75, 3.05) is 11.9 Å². The molecule has 0 N–H and O–H groups in total. The van der Waals surface area contributed by atoms with Crippen molar-refractivity contribution in [2.24, 2.45) is 0 Å². The van der Waals surface area contributed by atoms with Crippen LogP contribution in [0.25, 0.3) is 0 Å². The van der Waals surface area contributed by atoms with E-state index >= 15 is 0 Å². The van der Waals surface area contributed by atoms with Gasteiger partial charge in [-0.15, -0.1) is 0 Å². The van der Waals surface area contributed by atoms with E-state index in [-0.39, 0.29) is 0 Å². The molecule has 0 saturated carbocycles. The smallest absolute Gasteiger partial charge is 0.225 e. The average molecular weight is 360 g/mol. The molecule has 0 aliphatic rings. The van der Waals surface area contributed by atoms with Crippen molar-refractivity contribution >= 4 is 40.1 Å². The highest BCUT2D eigenvalue weighted by molar-refractivity contribution is 14.1. The largest absolute Gasteiger partial charge is 0.340 e. The molecule has 1 heterocycles. The van der Waals surface area contributed by atoms with Gasteiger partial charge in [0.25, 0.3) is 0 Å². The van der Waals surface area contributed by atoms with Gasteiger partial charge in [0.15, 0.2) is 0 Å². The molecule has 0 bridgehead atoms. The van der Waals surface area contributed by atoms with Gasteiger partial charge >= 0.3 is 0 Å². The van der Waals surface area contributed by atoms with Gasteiger partial charge in [-0.2, -0.15) is 0 Å². The van der Waals surface area contributed by atoms with Gasteiger partial charge in [0, 0.05) is 34.6 Å². The Morgan fingerprint density at radius 1 is 1.24 bits per heavy atom. The summed E-state index contributed by atoms with van der Waals surface area (Å²) in [6.45, 7) is 0.695. The Balaban J connectivity index is 2.14. The minimum atomic E-state index is 0.695. The molecule has 0 amide bonds. The molecule has 5 heteroatoms. The summed E-state index contributed by atoms with van der Waals surface area (Å²) in [5.41, 5.74) is 1.07. The van der Waals surface area contributed by atoms with Crippen LogP contribution in [0.3, 0.4) is 0 Å². The third-order valence-corrected chi connectivity index (χ3v) is 3.24. The maximum atomic E-state index is 6.11. The Morgan fingerprint density at radius 2 is 1.88 bits per heavy atom. The maximum Gasteiger partial charge on any atom is 0.225 e. The Morgan fingerprint density at radius 3 is 2.53 bits per heavy atom. The first-order valence-corrected chi connectivity index (χ1v) is 6.54. The van der Waals surface area contributed by atoms with Crippen LogP contribution in [0.2, 0.25) is 5.02 Å². The summed E-state index contributed by atoms with van der Waals surface area (Å²) in [5, 5.41) is 0.768. The average Bonchev–Trinajstić information content (AvgIpc) is 2.33. The van der Waals surface area contributed by atoms with Crippen LogP contribution < -0.4 is 4.90 Å². The van der Waals surface area contributed by atoms with E-state index in [0.717, 1.165) is 14.2 Å². The van der Waals surface area contributed by atoms with E-state index in [2.05, 4.69) is 32.6 Å². The van der Waals surface area contributed by atoms with Gasteiger partial charge < -0.3 is 4.90 Å². The molecule has 0 radical (unpaired) electrons. The molecule has 3 nitrogen and oxygen atoms in total. The van der Waals surface area contributed by atoms with Crippen molar-refractivity contribution in [1.29, 1.82) is 0 Å². The van der Waals surface area contributed by atoms with Crippen LogP contribution in [0.15, 0.2) is 36.7 Å². The molecule has 2 aromatic rings. The minimum Gasteiger partial charge on any atom is -0.340 e. The fraction of sp³-hybridized carbons (Fsp3) is 0.167. The number of aromatic nitrogens is 2. The zero-order valence-corrected chi connectivity index (χ0v) is 12.2. The summed E-state index contributed by atoms with van der Waals surface area (Å²) in [6.07, 6.45) is 3.60. The van der Waals surface area contributed by atoms with Crippen molar-refractivity contribution in [3.8, 4) is 0 Å². The summed E-state index contributed by atoms with van der Waals surface area (Å²) in [5.74, 6) is 0.699. The van der Waals surface area contributed by atoms with E-state index < -0.39 is 0 Å². The van der Waals surface area contributed by atoms with E-state index in [1.54, 1.807) is 12.4 Å². The SMILES string of the molecule is CN(Cc1ccccc1Cl)c1ncc(I)cn1. The third-order valence-electron chi connectivity index (χ3n) is 2.31. The summed E-state index contributed by atoms with van der Waals surface area (Å²) in [7, 11) is 1.95. The zero-order chi connectivity index (χ0) is 12.3. The molecule has 88 valence electrons. The second-order valence-electron chi connectivity index (χ2n) is 3.65. The normalized spacial score (nSPS) is 10.3. The Kier molecular flexibility index (Phi) is 4.17. The molecule has 0 saturated heterocycles. The van der Waals surface area contributed by atoms with E-state index in [1.807, 2.05) is 36.2 Å². The molecular formula is C12H11ClIN3. The summed E-state index contributed by atoms with van der Waals surface area (Å²) < 4.78 is 1.03. The number of benzene rings is 1. The molecule has 0 aliphatic heterocycles. The van der Waals surface area contributed by atoms with E-state index in [0.29, 0.717) is 12.5 Å². The van der Waals surface area contributed by atoms with E-state index in [4.69, 9.17) is 11.6 Å². The molecule has 0 fully saturated rings. The predicted octanol–water partition coefficient (Wildman–Crippen LogP) is 3.37. The molecule has 0 aliphatic carbocycles. The summed E-state index contributed by atoms with van der Waals surface area (Å²) in [4.78, 5) is 10.5. The first-order chi connectivity index (χ1) is 8.16. The Hall–Kier alpha value is -0.880. The Bertz CT molecular complexity index is 501. The van der Waals surface area contributed by atoms with Crippen LogP contribution in [0.4, 0.5) is 5.95 Å². The quantitative estimate of drug-likeness (QED) is 0.787. The number of halogens is 2. The molecule has 0 spiro atoms. The van der Waals surface area contributed by atoms with Crippen molar-refractivity contribution < 1.29 is 0 Å². The molecule has 0 atom stereocenters. The standard InChI is InChI=1S/C12H11ClIN3/c1-17(12-15-6-10(14)7-16-12)8-9-4-2-3-5-11(9)13/h2-7H,8H2,1H3. The Labute approximate surface area is 119 Å². The second kappa shape index (κ2) is 5.64. The maximum absolute atomic E-state index is 6.11. The molecular weight excluding hydrogens is 349 g/mol. The molecule has 17 heavy (non-hydrogen) atoms. The van der Waals surface area contributed by atoms with Crippen LogP contribution in [-0.4, -0.2) is 17.0 Å². The highest BCUT2D eigenvalue weighted by Crippen LogP contribution is 2.18. The van der Waals surface area contributed by atoms with Crippen LogP contribution in [-0.2, 0) is 6.54 Å². The van der Waals surface area contributed by atoms with Gasteiger partial charge in [-0.3, -0.25) is 0 Å². The highest BCUT2D eigenvalue weighted by Gasteiger charge is 2.06. The number of rotatable bonds is 3. The fourth-order valence-electron chi connectivity index (χ4n) is 1.46.